The van der Waals surface area contributed by atoms with Gasteiger partial charge in [-0.05, 0) is 53.5 Å². The van der Waals surface area contributed by atoms with Gasteiger partial charge in [-0.3, -0.25) is 4.79 Å². The predicted octanol–water partition coefficient (Wildman–Crippen LogP) is 5.23. The van der Waals surface area contributed by atoms with Crippen LogP contribution in [0.25, 0.3) is 6.08 Å². The van der Waals surface area contributed by atoms with E-state index in [2.05, 4.69) is 6.92 Å². The van der Waals surface area contributed by atoms with Crippen molar-refractivity contribution in [1.82, 2.24) is 0 Å². The Morgan fingerprint density at radius 3 is 2.35 bits per heavy atom. The Kier molecular flexibility index (Phi) is 5.85. The molecule has 1 aliphatic heterocycles. The van der Waals surface area contributed by atoms with Crippen LogP contribution < -0.4 is 9.47 Å². The van der Waals surface area contributed by atoms with E-state index in [1.54, 1.807) is 36.4 Å². The van der Waals surface area contributed by atoms with E-state index in [0.29, 0.717) is 35.0 Å². The van der Waals surface area contributed by atoms with Crippen molar-refractivity contribution < 1.29 is 23.8 Å². The average Bonchev–Trinajstić information content (AvgIpc) is 3.12. The van der Waals surface area contributed by atoms with Gasteiger partial charge in [-0.1, -0.05) is 43.3 Å². The van der Waals surface area contributed by atoms with Crippen LogP contribution in [0, 0.1) is 0 Å². The Hall–Kier alpha value is -3.86. The molecule has 5 nitrogen and oxygen atoms in total. The first-order valence-electron chi connectivity index (χ1n) is 10.0. The molecule has 0 aliphatic carbocycles. The summed E-state index contributed by atoms with van der Waals surface area (Å²) in [6, 6.07) is 20.2. The van der Waals surface area contributed by atoms with Crippen LogP contribution in [0.4, 0.5) is 0 Å². The molecule has 0 bridgehead atoms. The summed E-state index contributed by atoms with van der Waals surface area (Å²) in [5.41, 5.74) is 4.07. The number of ketones is 1. The molecule has 0 N–H and O–H groups in total. The summed E-state index contributed by atoms with van der Waals surface area (Å²) in [4.78, 5) is 24.2. The highest BCUT2D eigenvalue weighted by atomic mass is 16.5. The summed E-state index contributed by atoms with van der Waals surface area (Å²) in [5.74, 6) is 0.865. The Morgan fingerprint density at radius 1 is 0.968 bits per heavy atom. The number of hydrogen-bond donors (Lipinski definition) is 0. The van der Waals surface area contributed by atoms with Crippen LogP contribution >= 0.6 is 0 Å². The highest BCUT2D eigenvalue weighted by Crippen LogP contribution is 2.35. The Balaban J connectivity index is 1.44. The highest BCUT2D eigenvalue weighted by Gasteiger charge is 2.27. The Morgan fingerprint density at radius 2 is 1.68 bits per heavy atom. The fourth-order valence-corrected chi connectivity index (χ4v) is 3.28. The zero-order valence-corrected chi connectivity index (χ0v) is 17.4. The van der Waals surface area contributed by atoms with Gasteiger partial charge in [0.05, 0.1) is 18.2 Å². The first-order valence-corrected chi connectivity index (χ1v) is 10.0. The van der Waals surface area contributed by atoms with Crippen LogP contribution in [0.3, 0.4) is 0 Å². The van der Waals surface area contributed by atoms with Crippen molar-refractivity contribution in [2.45, 2.75) is 20.0 Å². The minimum Gasteiger partial charge on any atom is -0.489 e. The first kappa shape index (κ1) is 20.4. The standard InChI is InChI=1S/C26H22O5/c1-3-17-4-6-18(7-5-17)14-24-25(27)22-13-12-21(15-23(22)31-24)30-16-19-8-10-20(11-9-19)26(28)29-2/h4-15H,3,16H2,1-2H3/b24-14+. The van der Waals surface area contributed by atoms with Crippen molar-refractivity contribution in [3.8, 4) is 11.5 Å². The van der Waals surface area contributed by atoms with Crippen LogP contribution in [0.2, 0.25) is 0 Å². The van der Waals surface area contributed by atoms with E-state index in [9.17, 15) is 9.59 Å². The number of esters is 1. The van der Waals surface area contributed by atoms with Crippen LogP contribution in [-0.4, -0.2) is 18.9 Å². The number of Topliss-reactive ketones (excluding diaryl/α,β-unsaturated/α-hetero) is 1. The zero-order chi connectivity index (χ0) is 21.8. The van der Waals surface area contributed by atoms with Crippen LogP contribution in [0.5, 0.6) is 11.5 Å². The fourth-order valence-electron chi connectivity index (χ4n) is 3.28. The number of fused-ring (bicyclic) bond motifs is 1. The maximum absolute atomic E-state index is 12.7. The van der Waals surface area contributed by atoms with E-state index in [0.717, 1.165) is 17.5 Å². The molecule has 31 heavy (non-hydrogen) atoms. The SMILES string of the molecule is CCc1ccc(/C=C2/Oc3cc(OCc4ccc(C(=O)OC)cc4)ccc3C2=O)cc1. The van der Waals surface area contributed by atoms with E-state index in [1.165, 1.54) is 12.7 Å². The van der Waals surface area contributed by atoms with Gasteiger partial charge in [-0.25, -0.2) is 4.79 Å². The quantitative estimate of drug-likeness (QED) is 0.408. The van der Waals surface area contributed by atoms with Crippen LogP contribution in [0.15, 0.2) is 72.5 Å². The van der Waals surface area contributed by atoms with Crippen molar-refractivity contribution in [1.29, 1.82) is 0 Å². The number of carbonyl (C=O) groups is 2. The predicted molar refractivity (Wildman–Crippen MR) is 117 cm³/mol. The van der Waals surface area contributed by atoms with E-state index >= 15 is 0 Å². The van der Waals surface area contributed by atoms with Crippen molar-refractivity contribution in [2.75, 3.05) is 7.11 Å². The van der Waals surface area contributed by atoms with Gasteiger partial charge >= 0.3 is 5.97 Å². The molecule has 0 amide bonds. The monoisotopic (exact) mass is 414 g/mol. The number of carbonyl (C=O) groups excluding carboxylic acids is 2. The maximum atomic E-state index is 12.7. The molecule has 156 valence electrons. The largest absolute Gasteiger partial charge is 0.489 e. The van der Waals surface area contributed by atoms with Gasteiger partial charge in [0.2, 0.25) is 5.78 Å². The minimum absolute atomic E-state index is 0.139. The zero-order valence-electron chi connectivity index (χ0n) is 17.4. The number of ether oxygens (including phenoxy) is 3. The van der Waals surface area contributed by atoms with E-state index in [-0.39, 0.29) is 11.8 Å². The molecule has 0 atom stereocenters. The average molecular weight is 414 g/mol. The molecule has 0 saturated heterocycles. The van der Waals surface area contributed by atoms with E-state index < -0.39 is 0 Å². The number of hydrogen-bond acceptors (Lipinski definition) is 5. The molecule has 3 aromatic rings. The molecule has 1 heterocycles. The van der Waals surface area contributed by atoms with Crippen LogP contribution in [-0.2, 0) is 17.8 Å². The Bertz CT molecular complexity index is 1140. The molecule has 0 fully saturated rings. The third-order valence-corrected chi connectivity index (χ3v) is 5.11. The topological polar surface area (TPSA) is 61.8 Å². The van der Waals surface area contributed by atoms with Crippen molar-refractivity contribution >= 4 is 17.8 Å². The molecule has 0 aromatic heterocycles. The third-order valence-electron chi connectivity index (χ3n) is 5.11. The lowest BCUT2D eigenvalue weighted by Gasteiger charge is -2.08. The van der Waals surface area contributed by atoms with Crippen LogP contribution in [0.1, 0.15) is 44.3 Å². The molecular weight excluding hydrogens is 392 g/mol. The molecule has 4 rings (SSSR count). The number of aryl methyl sites for hydroxylation is 1. The lowest BCUT2D eigenvalue weighted by Crippen LogP contribution is -2.02. The summed E-state index contributed by atoms with van der Waals surface area (Å²) < 4.78 is 16.3. The number of benzene rings is 3. The van der Waals surface area contributed by atoms with E-state index in [4.69, 9.17) is 14.2 Å². The van der Waals surface area contributed by atoms with E-state index in [1.807, 2.05) is 36.4 Å². The third kappa shape index (κ3) is 4.51. The second-order valence-electron chi connectivity index (χ2n) is 7.17. The van der Waals surface area contributed by atoms with Crippen molar-refractivity contribution in [3.05, 3.63) is 100 Å². The molecule has 0 spiro atoms. The minimum atomic E-state index is -0.377. The summed E-state index contributed by atoms with van der Waals surface area (Å²) >= 11 is 0. The second kappa shape index (κ2) is 8.88. The smallest absolute Gasteiger partial charge is 0.337 e. The molecule has 3 aromatic carbocycles. The lowest BCUT2D eigenvalue weighted by molar-refractivity contribution is 0.0600. The van der Waals surface area contributed by atoms with Gasteiger partial charge in [0, 0.05) is 6.07 Å². The second-order valence-corrected chi connectivity index (χ2v) is 7.17. The van der Waals surface area contributed by atoms with Gasteiger partial charge < -0.3 is 14.2 Å². The molecule has 0 unspecified atom stereocenters. The normalized spacial score (nSPS) is 13.6. The molecule has 1 aliphatic rings. The lowest BCUT2D eigenvalue weighted by atomic mass is 10.1. The summed E-state index contributed by atoms with van der Waals surface area (Å²) in [7, 11) is 1.35. The molecule has 5 heteroatoms. The van der Waals surface area contributed by atoms with Crippen molar-refractivity contribution in [3.63, 3.8) is 0 Å². The molecular formula is C26H22O5. The highest BCUT2D eigenvalue weighted by molar-refractivity contribution is 6.14. The molecule has 0 radical (unpaired) electrons. The first-order chi connectivity index (χ1) is 15.1. The van der Waals surface area contributed by atoms with Gasteiger partial charge in [-0.2, -0.15) is 0 Å². The maximum Gasteiger partial charge on any atom is 0.337 e. The fraction of sp³-hybridized carbons (Fsp3) is 0.154. The number of rotatable bonds is 6. The van der Waals surface area contributed by atoms with Gasteiger partial charge in [0.1, 0.15) is 18.1 Å². The Labute approximate surface area is 180 Å². The molecule has 0 saturated carbocycles. The number of methoxy groups -OCH3 is 1. The van der Waals surface area contributed by atoms with Gasteiger partial charge in [0.25, 0.3) is 0 Å². The van der Waals surface area contributed by atoms with Gasteiger partial charge in [-0.15, -0.1) is 0 Å². The van der Waals surface area contributed by atoms with Gasteiger partial charge in [0.15, 0.2) is 5.76 Å². The summed E-state index contributed by atoms with van der Waals surface area (Å²) in [5, 5.41) is 0. The van der Waals surface area contributed by atoms with Crippen molar-refractivity contribution in [2.24, 2.45) is 0 Å². The number of allylic oxidation sites excluding steroid dienone is 1. The summed E-state index contributed by atoms with van der Waals surface area (Å²) in [6.45, 7) is 2.42. The summed E-state index contributed by atoms with van der Waals surface area (Å²) in [6.07, 6.45) is 2.72.